The maximum atomic E-state index is 12.6. The Morgan fingerprint density at radius 3 is 2.33 bits per heavy atom. The van der Waals surface area contributed by atoms with E-state index in [9.17, 15) is 19.7 Å². The molecule has 1 N–H and O–H groups in total. The molecule has 1 heterocycles. The van der Waals surface area contributed by atoms with Crippen molar-refractivity contribution in [3.63, 3.8) is 0 Å². The monoisotopic (exact) mass is 376 g/mol. The Kier molecular flexibility index (Phi) is 6.76. The summed E-state index contributed by atoms with van der Waals surface area (Å²) in [5.41, 5.74) is 0.668. The van der Waals surface area contributed by atoms with Gasteiger partial charge in [-0.1, -0.05) is 26.0 Å². The van der Waals surface area contributed by atoms with Crippen molar-refractivity contribution >= 4 is 23.2 Å². The van der Waals surface area contributed by atoms with Gasteiger partial charge >= 0.3 is 0 Å². The molecule has 8 nitrogen and oxygen atoms in total. The van der Waals surface area contributed by atoms with Crippen molar-refractivity contribution in [3.05, 3.63) is 34.4 Å². The van der Waals surface area contributed by atoms with E-state index in [2.05, 4.69) is 5.32 Å². The van der Waals surface area contributed by atoms with Crippen molar-refractivity contribution in [1.29, 1.82) is 0 Å². The van der Waals surface area contributed by atoms with Crippen LogP contribution in [0, 0.1) is 22.0 Å². The third kappa shape index (κ3) is 4.96. The zero-order chi connectivity index (χ0) is 20.1. The molecule has 1 aromatic carbocycles. The summed E-state index contributed by atoms with van der Waals surface area (Å²) in [7, 11) is 3.35. The molecule has 1 saturated heterocycles. The van der Waals surface area contributed by atoms with Crippen LogP contribution >= 0.6 is 0 Å². The van der Waals surface area contributed by atoms with E-state index in [0.717, 1.165) is 0 Å². The third-order valence-electron chi connectivity index (χ3n) is 4.96. The number of likely N-dealkylation sites (N-methyl/N-ethyl adjacent to an activating group) is 1. The molecular formula is C19H28N4O4. The highest BCUT2D eigenvalue weighted by Gasteiger charge is 2.32. The minimum atomic E-state index is -0.541. The molecule has 0 saturated carbocycles. The summed E-state index contributed by atoms with van der Waals surface area (Å²) >= 11 is 0. The van der Waals surface area contributed by atoms with E-state index in [4.69, 9.17) is 0 Å². The van der Waals surface area contributed by atoms with Gasteiger partial charge in [-0.05, 0) is 24.8 Å². The van der Waals surface area contributed by atoms with E-state index in [-0.39, 0.29) is 34.3 Å². The molecule has 1 fully saturated rings. The number of carbonyl (C=O) groups excluding carboxylic acids is 2. The fraction of sp³-hybridized carbons (Fsp3) is 0.579. The van der Waals surface area contributed by atoms with Crippen molar-refractivity contribution in [2.24, 2.45) is 11.8 Å². The molecule has 8 heteroatoms. The van der Waals surface area contributed by atoms with Crippen LogP contribution in [0.15, 0.2) is 24.3 Å². The zero-order valence-electron chi connectivity index (χ0n) is 16.3. The van der Waals surface area contributed by atoms with Gasteiger partial charge in [0.15, 0.2) is 0 Å². The van der Waals surface area contributed by atoms with Crippen LogP contribution in [0.3, 0.4) is 0 Å². The molecule has 2 rings (SSSR count). The summed E-state index contributed by atoms with van der Waals surface area (Å²) < 4.78 is 0. The molecule has 1 aliphatic heterocycles. The number of para-hydroxylation sites is 2. The molecule has 0 bridgehead atoms. The first-order valence-corrected chi connectivity index (χ1v) is 9.22. The van der Waals surface area contributed by atoms with Gasteiger partial charge in [-0.15, -0.1) is 0 Å². The molecule has 1 atom stereocenters. The fourth-order valence-electron chi connectivity index (χ4n) is 3.33. The summed E-state index contributed by atoms with van der Waals surface area (Å²) in [4.78, 5) is 39.2. The van der Waals surface area contributed by atoms with E-state index in [1.54, 1.807) is 32.3 Å². The van der Waals surface area contributed by atoms with Crippen molar-refractivity contribution in [3.8, 4) is 0 Å². The van der Waals surface area contributed by atoms with E-state index in [0.29, 0.717) is 31.6 Å². The molecule has 0 aliphatic carbocycles. The van der Waals surface area contributed by atoms with Gasteiger partial charge in [-0.2, -0.15) is 0 Å². The highest BCUT2D eigenvalue weighted by atomic mass is 16.6. The summed E-state index contributed by atoms with van der Waals surface area (Å²) in [6.07, 6.45) is 1.19. The lowest BCUT2D eigenvalue weighted by Gasteiger charge is -2.34. The smallest absolute Gasteiger partial charge is 0.292 e. The Balaban J connectivity index is 2.00. The number of amides is 2. The molecule has 27 heavy (non-hydrogen) atoms. The molecule has 0 radical (unpaired) electrons. The van der Waals surface area contributed by atoms with E-state index in [1.807, 2.05) is 18.7 Å². The first-order valence-electron chi connectivity index (χ1n) is 9.22. The van der Waals surface area contributed by atoms with Crippen LogP contribution in [0.1, 0.15) is 26.7 Å². The Bertz CT molecular complexity index is 697. The summed E-state index contributed by atoms with van der Waals surface area (Å²) in [5.74, 6) is -0.432. The second kappa shape index (κ2) is 8.83. The average Bonchev–Trinajstić information content (AvgIpc) is 2.65. The van der Waals surface area contributed by atoms with Crippen LogP contribution in [0.5, 0.6) is 0 Å². The standard InChI is InChI=1S/C19H28N4O4/c1-13(2)17(19(25)21(3)4)20-18(24)14-9-11-22(12-10-14)15-7-5-6-8-16(15)23(26)27/h5-8,13-14,17H,9-12H2,1-4H3,(H,20,24)/t17-/m0/s1. The van der Waals surface area contributed by atoms with E-state index in [1.165, 1.54) is 11.0 Å². The summed E-state index contributed by atoms with van der Waals surface area (Å²) in [6, 6.07) is 6.12. The van der Waals surface area contributed by atoms with Crippen LogP contribution in [0.25, 0.3) is 0 Å². The number of nitrogens with zero attached hydrogens (tertiary/aromatic N) is 3. The topological polar surface area (TPSA) is 95.8 Å². The van der Waals surface area contributed by atoms with Crippen molar-refractivity contribution in [1.82, 2.24) is 10.2 Å². The second-order valence-corrected chi connectivity index (χ2v) is 7.47. The van der Waals surface area contributed by atoms with Crippen molar-refractivity contribution in [2.45, 2.75) is 32.7 Å². The average molecular weight is 376 g/mol. The third-order valence-corrected chi connectivity index (χ3v) is 4.96. The molecule has 0 unspecified atom stereocenters. The second-order valence-electron chi connectivity index (χ2n) is 7.47. The quantitative estimate of drug-likeness (QED) is 0.605. The Morgan fingerprint density at radius 2 is 1.81 bits per heavy atom. The molecule has 148 valence electrons. The molecule has 1 aromatic rings. The van der Waals surface area contributed by atoms with Gasteiger partial charge in [-0.3, -0.25) is 19.7 Å². The molecular weight excluding hydrogens is 348 g/mol. The minimum Gasteiger partial charge on any atom is -0.366 e. The van der Waals surface area contributed by atoms with E-state index < -0.39 is 6.04 Å². The van der Waals surface area contributed by atoms with Crippen LogP contribution in [0.2, 0.25) is 0 Å². The van der Waals surface area contributed by atoms with Crippen LogP contribution in [-0.2, 0) is 9.59 Å². The number of hydrogen-bond acceptors (Lipinski definition) is 5. The number of rotatable bonds is 6. The number of benzene rings is 1. The predicted octanol–water partition coefficient (Wildman–Crippen LogP) is 2.04. The van der Waals surface area contributed by atoms with E-state index >= 15 is 0 Å². The Hall–Kier alpha value is -2.64. The first kappa shape index (κ1) is 20.7. The SMILES string of the molecule is CC(C)[C@H](NC(=O)C1CCN(c2ccccc2[N+](=O)[O-])CC1)C(=O)N(C)C. The highest BCUT2D eigenvalue weighted by molar-refractivity contribution is 5.88. The largest absolute Gasteiger partial charge is 0.366 e. The highest BCUT2D eigenvalue weighted by Crippen LogP contribution is 2.31. The van der Waals surface area contributed by atoms with Gasteiger partial charge in [0.25, 0.3) is 5.69 Å². The number of nitro benzene ring substituents is 1. The van der Waals surface area contributed by atoms with Gasteiger partial charge < -0.3 is 15.1 Å². The lowest BCUT2D eigenvalue weighted by molar-refractivity contribution is -0.384. The Labute approximate surface area is 159 Å². The first-order chi connectivity index (χ1) is 12.7. The number of nitrogens with one attached hydrogen (secondary N) is 1. The molecule has 0 spiro atoms. The summed E-state index contributed by atoms with van der Waals surface area (Å²) in [5, 5.41) is 14.1. The number of carbonyl (C=O) groups is 2. The zero-order valence-corrected chi connectivity index (χ0v) is 16.3. The number of nitro groups is 1. The number of anilines is 1. The molecule has 2 amide bonds. The number of piperidine rings is 1. The maximum absolute atomic E-state index is 12.6. The van der Waals surface area contributed by atoms with Crippen LogP contribution in [0.4, 0.5) is 11.4 Å². The van der Waals surface area contributed by atoms with Gasteiger partial charge in [-0.25, -0.2) is 0 Å². The molecule has 1 aliphatic rings. The van der Waals surface area contributed by atoms with Crippen LogP contribution < -0.4 is 10.2 Å². The van der Waals surface area contributed by atoms with Gasteiger partial charge in [0, 0.05) is 39.2 Å². The summed E-state index contributed by atoms with van der Waals surface area (Å²) in [6.45, 7) is 4.95. The van der Waals surface area contributed by atoms with Gasteiger partial charge in [0.05, 0.1) is 4.92 Å². The van der Waals surface area contributed by atoms with Crippen molar-refractivity contribution in [2.75, 3.05) is 32.1 Å². The van der Waals surface area contributed by atoms with Crippen molar-refractivity contribution < 1.29 is 14.5 Å². The van der Waals surface area contributed by atoms with Gasteiger partial charge in [0.1, 0.15) is 11.7 Å². The normalized spacial score (nSPS) is 16.1. The fourth-order valence-corrected chi connectivity index (χ4v) is 3.33. The lowest BCUT2D eigenvalue weighted by Crippen LogP contribution is -2.52. The number of hydrogen-bond donors (Lipinski definition) is 1. The maximum Gasteiger partial charge on any atom is 0.292 e. The Morgan fingerprint density at radius 1 is 1.22 bits per heavy atom. The predicted molar refractivity (Wildman–Crippen MR) is 103 cm³/mol. The van der Waals surface area contributed by atoms with Crippen LogP contribution in [-0.4, -0.2) is 54.9 Å². The van der Waals surface area contributed by atoms with Gasteiger partial charge in [0.2, 0.25) is 11.8 Å². The minimum absolute atomic E-state index is 0.00379. The molecule has 0 aromatic heterocycles. The lowest BCUT2D eigenvalue weighted by atomic mass is 9.94.